The summed E-state index contributed by atoms with van der Waals surface area (Å²) in [6, 6.07) is 8.61. The highest BCUT2D eigenvalue weighted by Crippen LogP contribution is 2.28. The van der Waals surface area contributed by atoms with Crippen LogP contribution in [0.1, 0.15) is 36.1 Å². The van der Waals surface area contributed by atoms with Crippen molar-refractivity contribution in [3.63, 3.8) is 0 Å². The first kappa shape index (κ1) is 17.3. The maximum atomic E-state index is 5.64. The maximum Gasteiger partial charge on any atom is 0.141 e. The molecule has 0 fully saturated rings. The second-order valence-electron chi connectivity index (χ2n) is 7.05. The van der Waals surface area contributed by atoms with E-state index in [1.54, 1.807) is 0 Å². The third-order valence-corrected chi connectivity index (χ3v) is 5.09. The number of hydrogen-bond donors (Lipinski definition) is 0. The molecular weight excluding hydrogens is 314 g/mol. The summed E-state index contributed by atoms with van der Waals surface area (Å²) in [6.45, 7) is 4.23. The molecule has 4 heteroatoms. The second kappa shape index (κ2) is 7.58. The molecule has 0 atom stereocenters. The fourth-order valence-electron chi connectivity index (χ4n) is 3.56. The van der Waals surface area contributed by atoms with E-state index in [1.807, 2.05) is 0 Å². The van der Waals surface area contributed by atoms with Crippen LogP contribution < -0.4 is 0 Å². The van der Waals surface area contributed by atoms with Crippen LogP contribution in [0.25, 0.3) is 11.4 Å². The van der Waals surface area contributed by atoms with Gasteiger partial charge < -0.3 is 9.47 Å². The van der Waals surface area contributed by atoms with Crippen LogP contribution in [0, 0.1) is 11.6 Å². The molecule has 0 amide bonds. The lowest BCUT2D eigenvalue weighted by molar-refractivity contribution is 0.383. The summed E-state index contributed by atoms with van der Waals surface area (Å²) < 4.78 is 3.26. The molecule has 0 N–H and O–H groups in total. The predicted octanol–water partition coefficient (Wildman–Crippen LogP) is 4.42. The average molecular weight is 342 g/mol. The smallest absolute Gasteiger partial charge is 0.141 e. The number of rotatable bonds is 5. The van der Waals surface area contributed by atoms with Crippen LogP contribution in [0.3, 0.4) is 0 Å². The first-order valence-corrected chi connectivity index (χ1v) is 9.31. The van der Waals surface area contributed by atoms with E-state index < -0.39 is 0 Å². The van der Waals surface area contributed by atoms with Gasteiger partial charge in [-0.1, -0.05) is 36.0 Å². The fraction of sp³-hybridized carbons (Fsp3) is 0.500. The van der Waals surface area contributed by atoms with Crippen LogP contribution in [0.15, 0.2) is 24.3 Å². The van der Waals surface area contributed by atoms with E-state index in [0.29, 0.717) is 0 Å². The Bertz CT molecular complexity index is 777. The van der Waals surface area contributed by atoms with Crippen LogP contribution in [0.2, 0.25) is 0 Å². The molecule has 1 aromatic carbocycles. The van der Waals surface area contributed by atoms with E-state index >= 15 is 0 Å². The minimum atomic E-state index is 0.810. The van der Waals surface area contributed by atoms with E-state index in [-0.39, 0.29) is 0 Å². The monoisotopic (exact) mass is 341 g/mol. The van der Waals surface area contributed by atoms with Crippen molar-refractivity contribution in [3.05, 3.63) is 45.7 Å². The van der Waals surface area contributed by atoms with Crippen molar-refractivity contribution in [2.45, 2.75) is 45.6 Å². The summed E-state index contributed by atoms with van der Waals surface area (Å²) >= 11 is 5.64. The van der Waals surface area contributed by atoms with Gasteiger partial charge in [-0.3, -0.25) is 0 Å². The molecule has 128 valence electrons. The topological polar surface area (TPSA) is 21.1 Å². The molecule has 1 aliphatic rings. The van der Waals surface area contributed by atoms with E-state index in [1.165, 1.54) is 35.2 Å². The highest BCUT2D eigenvalue weighted by Gasteiger charge is 2.19. The van der Waals surface area contributed by atoms with E-state index in [0.717, 1.165) is 42.8 Å². The molecule has 0 radical (unpaired) electrons. The summed E-state index contributed by atoms with van der Waals surface area (Å²) in [5.41, 5.74) is 5.19. The Kier molecular flexibility index (Phi) is 5.47. The summed E-state index contributed by atoms with van der Waals surface area (Å²) in [5.74, 6) is 1.04. The van der Waals surface area contributed by atoms with Gasteiger partial charge >= 0.3 is 0 Å². The van der Waals surface area contributed by atoms with Gasteiger partial charge in [0.25, 0.3) is 0 Å². The Morgan fingerprint density at radius 2 is 2.00 bits per heavy atom. The third kappa shape index (κ3) is 3.76. The number of nitrogens with zero attached hydrogens (tertiary/aromatic N) is 3. The molecule has 0 saturated heterocycles. The van der Waals surface area contributed by atoms with E-state index in [9.17, 15) is 0 Å². The lowest BCUT2D eigenvalue weighted by Gasteiger charge is -2.25. The van der Waals surface area contributed by atoms with Crippen LogP contribution in [0.4, 0.5) is 0 Å². The normalized spacial score (nSPS) is 14.0. The van der Waals surface area contributed by atoms with Crippen LogP contribution >= 0.6 is 12.2 Å². The van der Waals surface area contributed by atoms with Crippen molar-refractivity contribution in [1.82, 2.24) is 14.5 Å². The molecule has 3 rings (SSSR count). The number of hydrogen-bond acceptors (Lipinski definition) is 3. The van der Waals surface area contributed by atoms with Crippen molar-refractivity contribution in [2.24, 2.45) is 0 Å². The molecule has 0 aliphatic heterocycles. The largest absolute Gasteiger partial charge is 0.329 e. The quantitative estimate of drug-likeness (QED) is 0.751. The van der Waals surface area contributed by atoms with Crippen molar-refractivity contribution in [2.75, 3.05) is 20.6 Å². The Balaban J connectivity index is 2.09. The van der Waals surface area contributed by atoms with E-state index in [2.05, 4.69) is 54.8 Å². The molecule has 24 heavy (non-hydrogen) atoms. The van der Waals surface area contributed by atoms with Crippen LogP contribution in [0.5, 0.6) is 0 Å². The van der Waals surface area contributed by atoms with Gasteiger partial charge in [0, 0.05) is 23.4 Å². The third-order valence-electron chi connectivity index (χ3n) is 4.75. The summed E-state index contributed by atoms with van der Waals surface area (Å²) in [6.07, 6.45) is 5.83. The Labute approximate surface area is 150 Å². The van der Waals surface area contributed by atoms with E-state index in [4.69, 9.17) is 17.2 Å². The molecule has 1 aromatic heterocycles. The van der Waals surface area contributed by atoms with Gasteiger partial charge in [-0.25, -0.2) is 4.98 Å². The fourth-order valence-corrected chi connectivity index (χ4v) is 3.87. The predicted molar refractivity (Wildman–Crippen MR) is 103 cm³/mol. The standard InChI is InChI=1S/C20H27N3S/c1-15-8-6-9-16(14-15)19-21-20(24)17-10-4-5-11-18(17)23(19)13-7-12-22(2)3/h6,8-9,14H,4-5,7,10-13H2,1-3H3. The van der Waals surface area contributed by atoms with Crippen molar-refractivity contribution in [1.29, 1.82) is 0 Å². The van der Waals surface area contributed by atoms with Crippen molar-refractivity contribution >= 4 is 12.2 Å². The molecule has 1 aliphatic carbocycles. The summed E-state index contributed by atoms with van der Waals surface area (Å²) in [4.78, 5) is 7.10. The molecule has 2 aromatic rings. The first-order valence-electron chi connectivity index (χ1n) is 8.90. The van der Waals surface area contributed by atoms with Gasteiger partial charge in [-0.2, -0.15) is 0 Å². The highest BCUT2D eigenvalue weighted by atomic mass is 32.1. The maximum absolute atomic E-state index is 5.64. The first-order chi connectivity index (χ1) is 11.6. The van der Waals surface area contributed by atoms with Gasteiger partial charge in [0.05, 0.1) is 0 Å². The molecular formula is C20H27N3S. The number of benzene rings is 1. The second-order valence-corrected chi connectivity index (χ2v) is 7.44. The average Bonchev–Trinajstić information content (AvgIpc) is 2.56. The van der Waals surface area contributed by atoms with Gasteiger partial charge in [-0.15, -0.1) is 0 Å². The van der Waals surface area contributed by atoms with Gasteiger partial charge in [0.2, 0.25) is 0 Å². The van der Waals surface area contributed by atoms with Gasteiger partial charge in [0.15, 0.2) is 0 Å². The summed E-state index contributed by atoms with van der Waals surface area (Å²) in [7, 11) is 4.26. The molecule has 0 saturated carbocycles. The van der Waals surface area contributed by atoms with Crippen LogP contribution in [-0.2, 0) is 19.4 Å². The SMILES string of the molecule is Cc1cccc(-c2nc(=S)c3c(n2CCCN(C)C)CCCC3)c1. The highest BCUT2D eigenvalue weighted by molar-refractivity contribution is 7.71. The lowest BCUT2D eigenvalue weighted by atomic mass is 9.96. The number of fused-ring (bicyclic) bond motifs is 1. The Hall–Kier alpha value is -1.52. The lowest BCUT2D eigenvalue weighted by Crippen LogP contribution is -2.21. The molecule has 0 unspecified atom stereocenters. The molecule has 1 heterocycles. The zero-order chi connectivity index (χ0) is 17.1. The molecule has 0 bridgehead atoms. The molecule has 3 nitrogen and oxygen atoms in total. The van der Waals surface area contributed by atoms with Crippen molar-refractivity contribution < 1.29 is 0 Å². The molecule has 0 spiro atoms. The minimum Gasteiger partial charge on any atom is -0.329 e. The van der Waals surface area contributed by atoms with Gasteiger partial charge in [0.1, 0.15) is 10.5 Å². The van der Waals surface area contributed by atoms with Crippen LogP contribution in [-0.4, -0.2) is 35.1 Å². The minimum absolute atomic E-state index is 0.810. The number of aromatic nitrogens is 2. The van der Waals surface area contributed by atoms with Gasteiger partial charge in [-0.05, 0) is 65.7 Å². The number of aryl methyl sites for hydroxylation is 1. The Morgan fingerprint density at radius 1 is 1.21 bits per heavy atom. The Morgan fingerprint density at radius 3 is 2.75 bits per heavy atom. The zero-order valence-electron chi connectivity index (χ0n) is 15.0. The zero-order valence-corrected chi connectivity index (χ0v) is 15.8. The summed E-state index contributed by atoms with van der Waals surface area (Å²) in [5, 5.41) is 0. The van der Waals surface area contributed by atoms with Crippen molar-refractivity contribution in [3.8, 4) is 11.4 Å².